The van der Waals surface area contributed by atoms with Crippen LogP contribution in [0.4, 0.5) is 0 Å². The number of rotatable bonds is 5. The van der Waals surface area contributed by atoms with Crippen molar-refractivity contribution < 1.29 is 14.3 Å². The number of ether oxygens (including phenoxy) is 1. The van der Waals surface area contributed by atoms with Gasteiger partial charge in [0.25, 0.3) is 11.8 Å². The Morgan fingerprint density at radius 2 is 1.69 bits per heavy atom. The molecule has 0 saturated carbocycles. The number of likely N-dealkylation sites (tertiary alicyclic amines) is 1. The zero-order chi connectivity index (χ0) is 21.0. The van der Waals surface area contributed by atoms with Gasteiger partial charge in [-0.05, 0) is 69.9 Å². The third kappa shape index (κ3) is 5.17. The molecule has 29 heavy (non-hydrogen) atoms. The van der Waals surface area contributed by atoms with E-state index < -0.39 is 5.60 Å². The van der Waals surface area contributed by atoms with E-state index in [4.69, 9.17) is 4.74 Å². The fourth-order valence-corrected chi connectivity index (χ4v) is 3.49. The van der Waals surface area contributed by atoms with E-state index in [-0.39, 0.29) is 17.9 Å². The molecule has 0 aromatic heterocycles. The fourth-order valence-electron chi connectivity index (χ4n) is 3.49. The van der Waals surface area contributed by atoms with Crippen LogP contribution in [0.2, 0.25) is 0 Å². The molecule has 0 atom stereocenters. The van der Waals surface area contributed by atoms with Crippen molar-refractivity contribution >= 4 is 11.8 Å². The van der Waals surface area contributed by atoms with Gasteiger partial charge in [0.05, 0.1) is 0 Å². The highest BCUT2D eigenvalue weighted by molar-refractivity contribution is 5.94. The standard InChI is InChI=1S/C24H30N2O3/c1-17-10-11-18(2)21(16-17)29-24(3,4)23(28)25-20-12-14-26(15-13-20)22(27)19-8-6-5-7-9-19/h5-11,16,20H,12-15H2,1-4H3,(H,25,28). The van der Waals surface area contributed by atoms with E-state index in [1.54, 1.807) is 13.8 Å². The van der Waals surface area contributed by atoms with Gasteiger partial charge in [-0.1, -0.05) is 30.3 Å². The van der Waals surface area contributed by atoms with Crippen LogP contribution in [0.5, 0.6) is 5.75 Å². The summed E-state index contributed by atoms with van der Waals surface area (Å²) in [6, 6.07) is 15.4. The highest BCUT2D eigenvalue weighted by atomic mass is 16.5. The van der Waals surface area contributed by atoms with Gasteiger partial charge >= 0.3 is 0 Å². The largest absolute Gasteiger partial charge is 0.478 e. The van der Waals surface area contributed by atoms with E-state index in [1.807, 2.05) is 67.3 Å². The first-order valence-corrected chi connectivity index (χ1v) is 10.2. The van der Waals surface area contributed by atoms with Gasteiger partial charge in [-0.15, -0.1) is 0 Å². The van der Waals surface area contributed by atoms with E-state index in [0.29, 0.717) is 18.7 Å². The minimum absolute atomic E-state index is 0.0452. The summed E-state index contributed by atoms with van der Waals surface area (Å²) in [5.74, 6) is 0.647. The van der Waals surface area contributed by atoms with E-state index in [1.165, 1.54) is 0 Å². The first-order valence-electron chi connectivity index (χ1n) is 10.2. The van der Waals surface area contributed by atoms with Crippen molar-refractivity contribution in [3.8, 4) is 5.75 Å². The predicted octanol–water partition coefficient (Wildman–Crippen LogP) is 3.88. The number of nitrogens with one attached hydrogen (secondary N) is 1. The van der Waals surface area contributed by atoms with Gasteiger partial charge in [0, 0.05) is 24.7 Å². The third-order valence-electron chi connectivity index (χ3n) is 5.39. The first-order chi connectivity index (χ1) is 13.8. The summed E-state index contributed by atoms with van der Waals surface area (Å²) in [5.41, 5.74) is 1.83. The van der Waals surface area contributed by atoms with Crippen LogP contribution in [0.3, 0.4) is 0 Å². The number of nitrogens with zero attached hydrogens (tertiary/aromatic N) is 1. The van der Waals surface area contributed by atoms with Gasteiger partial charge in [0.1, 0.15) is 5.75 Å². The predicted molar refractivity (Wildman–Crippen MR) is 114 cm³/mol. The Balaban J connectivity index is 1.54. The van der Waals surface area contributed by atoms with Crippen LogP contribution in [-0.4, -0.2) is 41.4 Å². The molecule has 0 radical (unpaired) electrons. The van der Waals surface area contributed by atoms with Gasteiger partial charge in [-0.3, -0.25) is 9.59 Å². The molecule has 5 heteroatoms. The Bertz CT molecular complexity index is 869. The molecule has 2 amide bonds. The van der Waals surface area contributed by atoms with Gasteiger partial charge in [-0.2, -0.15) is 0 Å². The number of carbonyl (C=O) groups excluding carboxylic acids is 2. The summed E-state index contributed by atoms with van der Waals surface area (Å²) in [5, 5.41) is 3.11. The van der Waals surface area contributed by atoms with Crippen molar-refractivity contribution in [2.24, 2.45) is 0 Å². The molecule has 5 nitrogen and oxygen atoms in total. The molecule has 1 N–H and O–H groups in total. The second kappa shape index (κ2) is 8.68. The number of benzene rings is 2. The van der Waals surface area contributed by atoms with Crippen molar-refractivity contribution in [2.45, 2.75) is 52.2 Å². The Morgan fingerprint density at radius 3 is 2.34 bits per heavy atom. The first kappa shape index (κ1) is 20.9. The van der Waals surface area contributed by atoms with Crippen LogP contribution in [0.1, 0.15) is 48.2 Å². The monoisotopic (exact) mass is 394 g/mol. The van der Waals surface area contributed by atoms with Crippen LogP contribution in [0, 0.1) is 13.8 Å². The zero-order valence-electron chi connectivity index (χ0n) is 17.7. The van der Waals surface area contributed by atoms with Crippen LogP contribution < -0.4 is 10.1 Å². The van der Waals surface area contributed by atoms with E-state index in [0.717, 1.165) is 29.7 Å². The zero-order valence-corrected chi connectivity index (χ0v) is 17.7. The molecule has 2 aromatic rings. The number of aryl methyl sites for hydroxylation is 2. The van der Waals surface area contributed by atoms with Crippen molar-refractivity contribution in [3.63, 3.8) is 0 Å². The SMILES string of the molecule is Cc1ccc(C)c(OC(C)(C)C(=O)NC2CCN(C(=O)c3ccccc3)CC2)c1. The lowest BCUT2D eigenvalue weighted by Gasteiger charge is -2.34. The van der Waals surface area contributed by atoms with Crippen LogP contribution in [0.25, 0.3) is 0 Å². The average Bonchev–Trinajstić information content (AvgIpc) is 2.71. The smallest absolute Gasteiger partial charge is 0.263 e. The van der Waals surface area contributed by atoms with E-state index >= 15 is 0 Å². The number of carbonyl (C=O) groups is 2. The minimum Gasteiger partial charge on any atom is -0.478 e. The highest BCUT2D eigenvalue weighted by Crippen LogP contribution is 2.25. The van der Waals surface area contributed by atoms with Gasteiger partial charge in [0.15, 0.2) is 5.60 Å². The molecule has 1 aliphatic rings. The lowest BCUT2D eigenvalue weighted by Crippen LogP contribution is -2.53. The summed E-state index contributed by atoms with van der Waals surface area (Å²) in [7, 11) is 0. The Hall–Kier alpha value is -2.82. The number of piperidine rings is 1. The topological polar surface area (TPSA) is 58.6 Å². The second-order valence-electron chi connectivity index (χ2n) is 8.29. The van der Waals surface area contributed by atoms with Gasteiger partial charge in [0.2, 0.25) is 0 Å². The van der Waals surface area contributed by atoms with Crippen LogP contribution in [-0.2, 0) is 4.79 Å². The summed E-state index contributed by atoms with van der Waals surface area (Å²) >= 11 is 0. The number of amides is 2. The third-order valence-corrected chi connectivity index (χ3v) is 5.39. The number of hydrogen-bond donors (Lipinski definition) is 1. The fraction of sp³-hybridized carbons (Fsp3) is 0.417. The van der Waals surface area contributed by atoms with Gasteiger partial charge in [-0.25, -0.2) is 0 Å². The highest BCUT2D eigenvalue weighted by Gasteiger charge is 2.33. The molecule has 0 unspecified atom stereocenters. The summed E-state index contributed by atoms with van der Waals surface area (Å²) in [6.45, 7) is 8.83. The molecule has 154 valence electrons. The maximum atomic E-state index is 12.9. The summed E-state index contributed by atoms with van der Waals surface area (Å²) in [4.78, 5) is 27.3. The molecule has 0 spiro atoms. The maximum absolute atomic E-state index is 12.9. The summed E-state index contributed by atoms with van der Waals surface area (Å²) in [6.07, 6.45) is 1.48. The Kier molecular flexibility index (Phi) is 6.26. The number of hydrogen-bond acceptors (Lipinski definition) is 3. The van der Waals surface area contributed by atoms with Crippen molar-refractivity contribution in [3.05, 3.63) is 65.2 Å². The normalized spacial score (nSPS) is 15.1. The molecule has 1 aliphatic heterocycles. The average molecular weight is 395 g/mol. The molecule has 1 heterocycles. The molecule has 0 bridgehead atoms. The molecule has 1 fully saturated rings. The Labute approximate surface area is 173 Å². The van der Waals surface area contributed by atoms with Crippen LogP contribution in [0.15, 0.2) is 48.5 Å². The molecule has 1 saturated heterocycles. The van der Waals surface area contributed by atoms with Crippen LogP contribution >= 0.6 is 0 Å². The quantitative estimate of drug-likeness (QED) is 0.837. The lowest BCUT2D eigenvalue weighted by molar-refractivity contribution is -0.135. The second-order valence-corrected chi connectivity index (χ2v) is 8.29. The molecule has 2 aromatic carbocycles. The molecule has 3 rings (SSSR count). The van der Waals surface area contributed by atoms with Crippen molar-refractivity contribution in [1.82, 2.24) is 10.2 Å². The molecular weight excluding hydrogens is 364 g/mol. The summed E-state index contributed by atoms with van der Waals surface area (Å²) < 4.78 is 6.06. The van der Waals surface area contributed by atoms with Crippen molar-refractivity contribution in [1.29, 1.82) is 0 Å². The van der Waals surface area contributed by atoms with Gasteiger partial charge < -0.3 is 15.0 Å². The molecule has 0 aliphatic carbocycles. The van der Waals surface area contributed by atoms with Crippen molar-refractivity contribution in [2.75, 3.05) is 13.1 Å². The van der Waals surface area contributed by atoms with E-state index in [9.17, 15) is 9.59 Å². The Morgan fingerprint density at radius 1 is 1.03 bits per heavy atom. The minimum atomic E-state index is -0.977. The lowest BCUT2D eigenvalue weighted by atomic mass is 10.0. The maximum Gasteiger partial charge on any atom is 0.263 e. The molecular formula is C24H30N2O3. The van der Waals surface area contributed by atoms with E-state index in [2.05, 4.69) is 5.32 Å².